The molecule has 0 saturated heterocycles. The number of ether oxygens (including phenoxy) is 3. The fraction of sp³-hybridized carbons (Fsp3) is 0.857. The molecule has 0 aromatic rings. The van der Waals surface area contributed by atoms with Gasteiger partial charge in [0.15, 0.2) is 0 Å². The number of rotatable bonds is 26. The van der Waals surface area contributed by atoms with Gasteiger partial charge in [-0.25, -0.2) is 0 Å². The predicted octanol–water partition coefficient (Wildman–Crippen LogP) is 9.79. The van der Waals surface area contributed by atoms with E-state index in [0.29, 0.717) is 56.9 Å². The maximum atomic E-state index is 14.4. The third-order valence-corrected chi connectivity index (χ3v) is 13.0. The number of aldehydes is 1. The lowest BCUT2D eigenvalue weighted by atomic mass is 9.46. The molecule has 0 bridgehead atoms. The topological polar surface area (TPSA) is 99.2 Å². The van der Waals surface area contributed by atoms with Crippen LogP contribution in [0.4, 0.5) is 0 Å². The van der Waals surface area contributed by atoms with E-state index < -0.39 is 38.3 Å². The van der Waals surface area contributed by atoms with E-state index in [1.54, 1.807) is 6.92 Å². The van der Waals surface area contributed by atoms with Crippen molar-refractivity contribution in [2.24, 2.45) is 38.4 Å². The SMILES string of the molecule is C=C(CCC=O)N(CCS)CCCOC(=O)C(C)(CC(C)(C)C(C)(C)C(C)(CC(C)(C)C(C)CCCC)C(=O)OCCOC(=O)C(C)S)C(C)(C)C. The van der Waals surface area contributed by atoms with Crippen LogP contribution in [0.5, 0.6) is 0 Å². The summed E-state index contributed by atoms with van der Waals surface area (Å²) in [7, 11) is 0. The second-order valence-corrected chi connectivity index (χ2v) is 19.5. The Morgan fingerprint density at radius 1 is 0.788 bits per heavy atom. The van der Waals surface area contributed by atoms with E-state index in [-0.39, 0.29) is 37.2 Å². The lowest BCUT2D eigenvalue weighted by Gasteiger charge is -2.57. The molecule has 0 aliphatic heterocycles. The molecule has 0 spiro atoms. The molecule has 0 fully saturated rings. The third-order valence-electron chi connectivity index (χ3n) is 12.6. The molecule has 8 nitrogen and oxygen atoms in total. The highest BCUT2D eigenvalue weighted by Gasteiger charge is 2.60. The van der Waals surface area contributed by atoms with Crippen molar-refractivity contribution in [1.29, 1.82) is 0 Å². The van der Waals surface area contributed by atoms with Gasteiger partial charge in [0.25, 0.3) is 0 Å². The van der Waals surface area contributed by atoms with Crippen molar-refractivity contribution in [3.05, 3.63) is 12.3 Å². The summed E-state index contributed by atoms with van der Waals surface area (Å²) >= 11 is 8.52. The quantitative estimate of drug-likeness (QED) is 0.0295. The standard InChI is InChI=1S/C42H77NO7S2/c1-16-17-20-31(2)38(8,9)29-42(15,36(47)50-27-26-48-34(45)33(4)52)40(12,13)39(10,11)30-41(14,37(5,6)7)35(46)49-25-19-22-43(23-28-51)32(3)21-18-24-44/h24,31,33,51-52H,3,16-23,25-30H2,1-2,4-15H3. The summed E-state index contributed by atoms with van der Waals surface area (Å²) in [6.07, 6.45) is 6.85. The molecule has 10 heteroatoms. The van der Waals surface area contributed by atoms with Crippen molar-refractivity contribution < 1.29 is 33.4 Å². The van der Waals surface area contributed by atoms with E-state index in [4.69, 9.17) is 14.2 Å². The number of thiol groups is 2. The maximum absolute atomic E-state index is 14.4. The van der Waals surface area contributed by atoms with Crippen LogP contribution in [0.3, 0.4) is 0 Å². The molecule has 0 saturated carbocycles. The highest BCUT2D eigenvalue weighted by Crippen LogP contribution is 2.62. The van der Waals surface area contributed by atoms with Gasteiger partial charge < -0.3 is 23.9 Å². The Balaban J connectivity index is 6.50. The van der Waals surface area contributed by atoms with Gasteiger partial charge in [0.2, 0.25) is 0 Å². The van der Waals surface area contributed by atoms with Crippen LogP contribution < -0.4 is 0 Å². The second-order valence-electron chi connectivity index (χ2n) is 18.3. The minimum Gasteiger partial charge on any atom is -0.465 e. The number of esters is 3. The van der Waals surface area contributed by atoms with Gasteiger partial charge in [0.05, 0.1) is 22.7 Å². The molecule has 4 unspecified atom stereocenters. The van der Waals surface area contributed by atoms with Crippen LogP contribution in [0, 0.1) is 38.4 Å². The Morgan fingerprint density at radius 3 is 1.83 bits per heavy atom. The predicted molar refractivity (Wildman–Crippen MR) is 221 cm³/mol. The summed E-state index contributed by atoms with van der Waals surface area (Å²) in [5.41, 5.74) is -2.86. The zero-order valence-electron chi connectivity index (χ0n) is 35.5. The van der Waals surface area contributed by atoms with Gasteiger partial charge in [-0.2, -0.15) is 25.3 Å². The van der Waals surface area contributed by atoms with E-state index in [1.165, 1.54) is 0 Å². The van der Waals surface area contributed by atoms with Gasteiger partial charge in [0.1, 0.15) is 19.5 Å². The van der Waals surface area contributed by atoms with Crippen LogP contribution in [-0.2, 0) is 33.4 Å². The second kappa shape index (κ2) is 21.4. The van der Waals surface area contributed by atoms with Crippen LogP contribution in [0.2, 0.25) is 0 Å². The summed E-state index contributed by atoms with van der Waals surface area (Å²) < 4.78 is 17.3. The molecule has 0 aromatic heterocycles. The largest absolute Gasteiger partial charge is 0.465 e. The summed E-state index contributed by atoms with van der Waals surface area (Å²) in [4.78, 5) is 53.6. The third kappa shape index (κ3) is 13.9. The maximum Gasteiger partial charge on any atom is 0.318 e. The molecule has 0 heterocycles. The molecule has 0 aliphatic rings. The van der Waals surface area contributed by atoms with Crippen LogP contribution in [0.15, 0.2) is 12.3 Å². The molecule has 52 heavy (non-hydrogen) atoms. The lowest BCUT2D eigenvalue weighted by molar-refractivity contribution is -0.184. The highest BCUT2D eigenvalue weighted by molar-refractivity contribution is 7.81. The van der Waals surface area contributed by atoms with E-state index in [0.717, 1.165) is 31.2 Å². The average Bonchev–Trinajstić information content (AvgIpc) is 3.03. The van der Waals surface area contributed by atoms with Gasteiger partial charge in [-0.05, 0) is 74.0 Å². The van der Waals surface area contributed by atoms with E-state index in [1.807, 2.05) is 13.8 Å². The average molecular weight is 772 g/mol. The van der Waals surface area contributed by atoms with Crippen LogP contribution in [0.1, 0.15) is 148 Å². The van der Waals surface area contributed by atoms with Gasteiger partial charge in [-0.3, -0.25) is 14.4 Å². The summed E-state index contributed by atoms with van der Waals surface area (Å²) in [5.74, 6) is -0.0501. The number of allylic oxidation sites excluding steroid dienone is 1. The minimum atomic E-state index is -0.966. The molecule has 0 aromatic carbocycles. The van der Waals surface area contributed by atoms with E-state index >= 15 is 0 Å². The fourth-order valence-corrected chi connectivity index (χ4v) is 7.41. The summed E-state index contributed by atoms with van der Waals surface area (Å²) in [6.45, 7) is 35.0. The summed E-state index contributed by atoms with van der Waals surface area (Å²) in [6, 6.07) is 0. The molecule has 0 amide bonds. The fourth-order valence-electron chi connectivity index (χ4n) is 7.10. The van der Waals surface area contributed by atoms with E-state index in [2.05, 4.69) is 113 Å². The lowest BCUT2D eigenvalue weighted by Crippen LogP contribution is -2.56. The molecule has 0 radical (unpaired) electrons. The van der Waals surface area contributed by atoms with Crippen LogP contribution in [-0.4, -0.2) is 73.0 Å². The summed E-state index contributed by atoms with van der Waals surface area (Å²) in [5, 5.41) is -0.568. The molecule has 0 aliphatic carbocycles. The van der Waals surface area contributed by atoms with Crippen LogP contribution in [0.25, 0.3) is 0 Å². The first kappa shape index (κ1) is 50.3. The van der Waals surface area contributed by atoms with Crippen molar-refractivity contribution in [2.75, 3.05) is 38.7 Å². The number of nitrogens with zero attached hydrogens (tertiary/aromatic N) is 1. The number of unbranched alkanes of at least 4 members (excludes halogenated alkanes) is 1. The highest BCUT2D eigenvalue weighted by atomic mass is 32.1. The molecule has 0 rings (SSSR count). The smallest absolute Gasteiger partial charge is 0.318 e. The Bertz CT molecular complexity index is 1160. The number of carbonyl (C=O) groups excluding carboxylic acids is 4. The minimum absolute atomic E-state index is 0.0428. The first-order valence-electron chi connectivity index (χ1n) is 19.4. The van der Waals surface area contributed by atoms with Crippen molar-refractivity contribution in [3.8, 4) is 0 Å². The first-order valence-corrected chi connectivity index (χ1v) is 20.5. The van der Waals surface area contributed by atoms with Gasteiger partial charge in [0, 0.05) is 31.0 Å². The molecule has 4 atom stereocenters. The Labute approximate surface area is 329 Å². The van der Waals surface area contributed by atoms with Gasteiger partial charge >= 0.3 is 17.9 Å². The van der Waals surface area contributed by atoms with Crippen molar-refractivity contribution in [3.63, 3.8) is 0 Å². The van der Waals surface area contributed by atoms with Crippen LogP contribution >= 0.6 is 25.3 Å². The number of hydrogen-bond donors (Lipinski definition) is 2. The first-order chi connectivity index (χ1) is 23.7. The Morgan fingerprint density at radius 2 is 1.33 bits per heavy atom. The molecule has 0 N–H and O–H groups in total. The Hall–Kier alpha value is -1.68. The van der Waals surface area contributed by atoms with Crippen molar-refractivity contribution in [2.45, 2.75) is 154 Å². The monoisotopic (exact) mass is 772 g/mol. The molecular weight excluding hydrogens is 695 g/mol. The van der Waals surface area contributed by atoms with Gasteiger partial charge in [-0.1, -0.05) is 102 Å². The van der Waals surface area contributed by atoms with Crippen molar-refractivity contribution in [1.82, 2.24) is 4.90 Å². The van der Waals surface area contributed by atoms with Gasteiger partial charge in [-0.15, -0.1) is 0 Å². The van der Waals surface area contributed by atoms with E-state index in [9.17, 15) is 19.2 Å². The molecule has 304 valence electrons. The van der Waals surface area contributed by atoms with Crippen molar-refractivity contribution >= 4 is 49.5 Å². The number of carbonyl (C=O) groups is 4. The zero-order valence-corrected chi connectivity index (χ0v) is 37.3. The Kier molecular flexibility index (Phi) is 20.7. The molecular formula is C42H77NO7S2. The number of hydrogen-bond acceptors (Lipinski definition) is 10. The normalized spacial score (nSPS) is 16.2. The zero-order chi connectivity index (χ0) is 40.8.